The quantitative estimate of drug-likeness (QED) is 0.215. The number of carboxylic acid groups (broad SMARTS) is 1. The van der Waals surface area contributed by atoms with Gasteiger partial charge in [-0.3, -0.25) is 24.1 Å². The Hall–Kier alpha value is -3.31. The van der Waals surface area contributed by atoms with E-state index in [1.54, 1.807) is 17.2 Å². The Balaban J connectivity index is 1.66. The van der Waals surface area contributed by atoms with Gasteiger partial charge in [0, 0.05) is 30.9 Å². The molecule has 1 aromatic heterocycles. The van der Waals surface area contributed by atoms with Gasteiger partial charge in [-0.2, -0.15) is 0 Å². The smallest absolute Gasteiger partial charge is 0.306 e. The van der Waals surface area contributed by atoms with Gasteiger partial charge in [-0.1, -0.05) is 77.8 Å². The van der Waals surface area contributed by atoms with Crippen molar-refractivity contribution in [3.05, 3.63) is 52.0 Å². The van der Waals surface area contributed by atoms with Crippen LogP contribution >= 0.6 is 11.3 Å². The predicted octanol–water partition coefficient (Wildman–Crippen LogP) is 5.03. The van der Waals surface area contributed by atoms with Crippen molar-refractivity contribution in [2.45, 2.75) is 110 Å². The fraction of sp³-hybridized carbons (Fsp3) is 0.639. The molecule has 1 aliphatic rings. The SMILES string of the molecule is CC[C@H](C)[C@H](NC(=O)[C@H]1CCCCN1C)C(=O)N(C)C(CCc1nc(C(=O)NC(Cc2ccccc2)C[C@H](C)C(=O)O)cs1)C(C)C. The number of rotatable bonds is 17. The molecule has 1 aliphatic heterocycles. The van der Waals surface area contributed by atoms with E-state index in [0.717, 1.165) is 42.8 Å². The van der Waals surface area contributed by atoms with Crippen molar-refractivity contribution in [3.63, 3.8) is 0 Å². The van der Waals surface area contributed by atoms with Crippen molar-refractivity contribution in [2.75, 3.05) is 20.6 Å². The first kappa shape index (κ1) is 38.1. The highest BCUT2D eigenvalue weighted by atomic mass is 32.1. The maximum absolute atomic E-state index is 13.9. The number of aryl methyl sites for hydroxylation is 1. The first-order valence-corrected chi connectivity index (χ1v) is 18.0. The van der Waals surface area contributed by atoms with Gasteiger partial charge in [0.2, 0.25) is 11.8 Å². The van der Waals surface area contributed by atoms with E-state index < -0.39 is 17.9 Å². The van der Waals surface area contributed by atoms with Crippen molar-refractivity contribution in [1.82, 2.24) is 25.4 Å². The molecule has 10 nitrogen and oxygen atoms in total. The third-order valence-electron chi connectivity index (χ3n) is 9.62. The van der Waals surface area contributed by atoms with Crippen LogP contribution in [-0.4, -0.2) is 88.4 Å². The van der Waals surface area contributed by atoms with Crippen LogP contribution in [0.4, 0.5) is 0 Å². The number of amides is 3. The van der Waals surface area contributed by atoms with Gasteiger partial charge in [-0.05, 0) is 63.1 Å². The molecule has 2 unspecified atom stereocenters. The minimum absolute atomic E-state index is 0.0140. The fourth-order valence-electron chi connectivity index (χ4n) is 6.38. The molecule has 3 amide bonds. The molecule has 1 saturated heterocycles. The molecule has 0 aliphatic carbocycles. The molecule has 0 saturated carbocycles. The Morgan fingerprint density at radius 1 is 1.09 bits per heavy atom. The summed E-state index contributed by atoms with van der Waals surface area (Å²) >= 11 is 1.41. The molecule has 1 fully saturated rings. The van der Waals surface area contributed by atoms with Gasteiger partial charge in [0.05, 0.1) is 17.0 Å². The number of hydrogen-bond acceptors (Lipinski definition) is 7. The number of carbonyl (C=O) groups excluding carboxylic acids is 3. The lowest BCUT2D eigenvalue weighted by atomic mass is 9.93. The third kappa shape index (κ3) is 11.1. The van der Waals surface area contributed by atoms with E-state index in [9.17, 15) is 24.3 Å². The number of nitrogens with one attached hydrogen (secondary N) is 2. The van der Waals surface area contributed by atoms with E-state index in [2.05, 4.69) is 34.4 Å². The zero-order valence-electron chi connectivity index (χ0n) is 29.2. The van der Waals surface area contributed by atoms with Crippen molar-refractivity contribution in [2.24, 2.45) is 17.8 Å². The molecule has 2 heterocycles. The first-order chi connectivity index (χ1) is 22.3. The van der Waals surface area contributed by atoms with Crippen molar-refractivity contribution >= 4 is 35.0 Å². The first-order valence-electron chi connectivity index (χ1n) is 17.1. The number of carboxylic acids is 1. The second kappa shape index (κ2) is 18.3. The number of likely N-dealkylation sites (N-methyl/N-ethyl adjacent to an activating group) is 2. The average molecular weight is 670 g/mol. The largest absolute Gasteiger partial charge is 0.481 e. The van der Waals surface area contributed by atoms with Crippen LogP contribution in [0.1, 0.15) is 94.2 Å². The van der Waals surface area contributed by atoms with E-state index >= 15 is 0 Å². The molecular weight excluding hydrogens is 614 g/mol. The molecule has 3 rings (SSSR count). The van der Waals surface area contributed by atoms with Crippen LogP contribution in [0.15, 0.2) is 35.7 Å². The van der Waals surface area contributed by atoms with Gasteiger partial charge >= 0.3 is 5.97 Å². The summed E-state index contributed by atoms with van der Waals surface area (Å²) in [7, 11) is 3.80. The number of likely N-dealkylation sites (tertiary alicyclic amines) is 1. The standard InChI is InChI=1S/C36H55N5O5S/c1-8-24(4)32(39-34(43)30-16-12-13-19-40(30)6)35(44)41(7)29(23(2)3)17-18-31-38-28(22-47-31)33(42)37-27(20-25(5)36(45)46)21-26-14-10-9-11-15-26/h9-11,14-15,22-25,27,29-30,32H,8,12-13,16-21H2,1-7H3,(H,37,42)(H,39,43)(H,45,46)/t24-,25-,27?,29?,30+,32-/m0/s1. The van der Waals surface area contributed by atoms with E-state index in [1.807, 2.05) is 58.3 Å². The molecule has 260 valence electrons. The average Bonchev–Trinajstić information content (AvgIpc) is 3.52. The maximum Gasteiger partial charge on any atom is 0.306 e. The molecular formula is C36H55N5O5S. The summed E-state index contributed by atoms with van der Waals surface area (Å²) in [5.74, 6) is -1.83. The lowest BCUT2D eigenvalue weighted by Gasteiger charge is -2.37. The molecule has 0 spiro atoms. The second-order valence-electron chi connectivity index (χ2n) is 13.6. The lowest BCUT2D eigenvalue weighted by molar-refractivity contribution is -0.141. The molecule has 11 heteroatoms. The van der Waals surface area contributed by atoms with E-state index in [4.69, 9.17) is 0 Å². The summed E-state index contributed by atoms with van der Waals surface area (Å²) in [5.41, 5.74) is 1.33. The summed E-state index contributed by atoms with van der Waals surface area (Å²) in [4.78, 5) is 60.5. The summed E-state index contributed by atoms with van der Waals surface area (Å²) < 4.78 is 0. The number of thiazole rings is 1. The predicted molar refractivity (Wildman–Crippen MR) is 186 cm³/mol. The van der Waals surface area contributed by atoms with Gasteiger partial charge < -0.3 is 20.6 Å². The molecule has 1 aromatic carbocycles. The highest BCUT2D eigenvalue weighted by molar-refractivity contribution is 7.09. The second-order valence-corrected chi connectivity index (χ2v) is 14.6. The number of aromatic nitrogens is 1. The lowest BCUT2D eigenvalue weighted by Crippen LogP contribution is -2.57. The van der Waals surface area contributed by atoms with Gasteiger partial charge in [-0.25, -0.2) is 4.98 Å². The number of nitrogens with zero attached hydrogens (tertiary/aromatic N) is 3. The minimum Gasteiger partial charge on any atom is -0.481 e. The monoisotopic (exact) mass is 669 g/mol. The van der Waals surface area contributed by atoms with Crippen molar-refractivity contribution in [3.8, 4) is 0 Å². The summed E-state index contributed by atoms with van der Waals surface area (Å²) in [6.45, 7) is 10.8. The third-order valence-corrected chi connectivity index (χ3v) is 10.5. The van der Waals surface area contributed by atoms with Gasteiger partial charge in [0.25, 0.3) is 5.91 Å². The van der Waals surface area contributed by atoms with Crippen LogP contribution in [0.2, 0.25) is 0 Å². The van der Waals surface area contributed by atoms with Crippen molar-refractivity contribution < 1.29 is 24.3 Å². The highest BCUT2D eigenvalue weighted by Crippen LogP contribution is 2.23. The van der Waals surface area contributed by atoms with Gasteiger partial charge in [-0.15, -0.1) is 11.3 Å². The van der Waals surface area contributed by atoms with Crippen LogP contribution in [0.5, 0.6) is 0 Å². The molecule has 0 bridgehead atoms. The van der Waals surface area contributed by atoms with E-state index in [-0.39, 0.29) is 47.7 Å². The zero-order chi connectivity index (χ0) is 34.7. The number of aliphatic carboxylic acids is 1. The summed E-state index contributed by atoms with van der Waals surface area (Å²) in [6, 6.07) is 8.45. The van der Waals surface area contributed by atoms with Crippen LogP contribution in [-0.2, 0) is 27.2 Å². The topological polar surface area (TPSA) is 132 Å². The molecule has 3 N–H and O–H groups in total. The summed E-state index contributed by atoms with van der Waals surface area (Å²) in [5, 5.41) is 18.1. The number of piperidine rings is 1. The zero-order valence-corrected chi connectivity index (χ0v) is 30.0. The Labute approximate surface area is 284 Å². The summed E-state index contributed by atoms with van der Waals surface area (Å²) in [6.07, 6.45) is 5.74. The Kier molecular flexibility index (Phi) is 14.8. The molecule has 2 aromatic rings. The van der Waals surface area contributed by atoms with Gasteiger partial charge in [0.1, 0.15) is 11.7 Å². The molecule has 47 heavy (non-hydrogen) atoms. The maximum atomic E-state index is 13.9. The van der Waals surface area contributed by atoms with Crippen LogP contribution < -0.4 is 10.6 Å². The highest BCUT2D eigenvalue weighted by Gasteiger charge is 2.35. The number of benzene rings is 1. The fourth-order valence-corrected chi connectivity index (χ4v) is 7.17. The Morgan fingerprint density at radius 2 is 1.79 bits per heavy atom. The van der Waals surface area contributed by atoms with Crippen LogP contribution in [0, 0.1) is 17.8 Å². The normalized spacial score (nSPS) is 18.5. The Morgan fingerprint density at radius 3 is 2.40 bits per heavy atom. The van der Waals surface area contributed by atoms with Gasteiger partial charge in [0.15, 0.2) is 0 Å². The molecule has 6 atom stereocenters. The Bertz CT molecular complexity index is 1320. The number of hydrogen-bond donors (Lipinski definition) is 3. The van der Waals surface area contributed by atoms with E-state index in [0.29, 0.717) is 31.4 Å². The van der Waals surface area contributed by atoms with E-state index in [1.165, 1.54) is 11.3 Å². The number of carbonyl (C=O) groups is 4. The van der Waals surface area contributed by atoms with Crippen molar-refractivity contribution in [1.29, 1.82) is 0 Å². The minimum atomic E-state index is -0.897. The van der Waals surface area contributed by atoms with Crippen LogP contribution in [0.3, 0.4) is 0 Å². The molecule has 0 radical (unpaired) electrons. The van der Waals surface area contributed by atoms with Crippen LogP contribution in [0.25, 0.3) is 0 Å².